The largest absolute Gasteiger partial charge is 0.494 e. The first kappa shape index (κ1) is 8.78. The van der Waals surface area contributed by atoms with Gasteiger partial charge in [-0.25, -0.2) is 4.79 Å². The number of fused-ring (bicyclic) bond motifs is 1. The van der Waals surface area contributed by atoms with Crippen LogP contribution in [0.25, 0.3) is 0 Å². The van der Waals surface area contributed by atoms with Crippen LogP contribution in [0.5, 0.6) is 11.5 Å². The lowest BCUT2D eigenvalue weighted by Gasteiger charge is -2.05. The van der Waals surface area contributed by atoms with E-state index in [0.717, 1.165) is 17.7 Å². The van der Waals surface area contributed by atoms with Crippen LogP contribution in [0.4, 0.5) is 5.69 Å². The van der Waals surface area contributed by atoms with Gasteiger partial charge in [-0.3, -0.25) is 0 Å². The van der Waals surface area contributed by atoms with E-state index in [9.17, 15) is 4.79 Å². The third-order valence-corrected chi connectivity index (χ3v) is 2.16. The Bertz CT molecular complexity index is 408. The topological polar surface area (TPSA) is 47.9 Å². The number of carbonyl (C=O) groups excluding carboxylic acids is 1. The van der Waals surface area contributed by atoms with Crippen LogP contribution in [0.15, 0.2) is 17.1 Å². The summed E-state index contributed by atoms with van der Waals surface area (Å²) < 4.78 is 10.4. The Kier molecular flexibility index (Phi) is 2.21. The molecule has 72 valence electrons. The molecule has 0 saturated carbocycles. The summed E-state index contributed by atoms with van der Waals surface area (Å²) in [4.78, 5) is 13.7. The molecule has 1 aliphatic heterocycles. The Balaban J connectivity index is 2.53. The molecule has 0 bridgehead atoms. The van der Waals surface area contributed by atoms with Gasteiger partial charge in [-0.15, -0.1) is 0 Å². The fraction of sp³-hybridized carbons (Fsp3) is 0.300. The summed E-state index contributed by atoms with van der Waals surface area (Å²) in [5, 5.41) is 0. The van der Waals surface area contributed by atoms with E-state index >= 15 is 0 Å². The zero-order chi connectivity index (χ0) is 9.97. The second kappa shape index (κ2) is 3.52. The summed E-state index contributed by atoms with van der Waals surface area (Å²) in [6.07, 6.45) is 2.36. The van der Waals surface area contributed by atoms with Gasteiger partial charge in [-0.05, 0) is 6.07 Å². The molecule has 0 fully saturated rings. The van der Waals surface area contributed by atoms with Gasteiger partial charge in [-0.2, -0.15) is 4.99 Å². The summed E-state index contributed by atoms with van der Waals surface area (Å²) in [5.41, 5.74) is 1.55. The van der Waals surface area contributed by atoms with E-state index in [1.807, 2.05) is 6.07 Å². The van der Waals surface area contributed by atoms with Gasteiger partial charge in [0.2, 0.25) is 6.08 Å². The molecule has 0 unspecified atom stereocenters. The monoisotopic (exact) mass is 191 g/mol. The molecule has 1 aromatic rings. The lowest BCUT2D eigenvalue weighted by molar-refractivity contribution is 0.356. The number of hydrogen-bond donors (Lipinski definition) is 0. The molecule has 0 aromatic heterocycles. The molecule has 0 radical (unpaired) electrons. The van der Waals surface area contributed by atoms with Gasteiger partial charge in [-0.1, -0.05) is 0 Å². The number of isocyanates is 1. The lowest BCUT2D eigenvalue weighted by atomic mass is 10.1. The first-order valence-corrected chi connectivity index (χ1v) is 4.26. The van der Waals surface area contributed by atoms with E-state index in [1.54, 1.807) is 13.2 Å². The molecule has 14 heavy (non-hydrogen) atoms. The third kappa shape index (κ3) is 1.36. The second-order valence-corrected chi connectivity index (χ2v) is 2.93. The van der Waals surface area contributed by atoms with E-state index in [4.69, 9.17) is 9.47 Å². The minimum Gasteiger partial charge on any atom is -0.494 e. The Morgan fingerprint density at radius 1 is 1.57 bits per heavy atom. The number of aliphatic imine (C=N–C) groups is 1. The summed E-state index contributed by atoms with van der Waals surface area (Å²) in [6, 6.07) is 3.55. The summed E-state index contributed by atoms with van der Waals surface area (Å²) >= 11 is 0. The highest BCUT2D eigenvalue weighted by atomic mass is 16.5. The molecular formula is C10H9NO3. The van der Waals surface area contributed by atoms with Gasteiger partial charge >= 0.3 is 0 Å². The van der Waals surface area contributed by atoms with Gasteiger partial charge in [0, 0.05) is 18.1 Å². The molecule has 0 saturated heterocycles. The maximum Gasteiger partial charge on any atom is 0.240 e. The first-order valence-electron chi connectivity index (χ1n) is 4.26. The van der Waals surface area contributed by atoms with Crippen molar-refractivity contribution >= 4 is 11.8 Å². The zero-order valence-corrected chi connectivity index (χ0v) is 7.74. The smallest absolute Gasteiger partial charge is 0.240 e. The van der Waals surface area contributed by atoms with Gasteiger partial charge in [0.1, 0.15) is 17.2 Å². The van der Waals surface area contributed by atoms with Gasteiger partial charge in [0.05, 0.1) is 13.7 Å². The van der Waals surface area contributed by atoms with E-state index in [1.165, 1.54) is 6.08 Å². The van der Waals surface area contributed by atoms with E-state index < -0.39 is 0 Å². The molecule has 2 rings (SSSR count). The highest BCUT2D eigenvalue weighted by molar-refractivity contribution is 5.63. The Morgan fingerprint density at radius 2 is 2.43 bits per heavy atom. The number of nitrogens with zero attached hydrogens (tertiary/aromatic N) is 1. The van der Waals surface area contributed by atoms with Crippen LogP contribution >= 0.6 is 0 Å². The van der Waals surface area contributed by atoms with Crippen LogP contribution in [0, 0.1) is 0 Å². The van der Waals surface area contributed by atoms with Crippen molar-refractivity contribution in [1.29, 1.82) is 0 Å². The van der Waals surface area contributed by atoms with Crippen molar-refractivity contribution in [3.05, 3.63) is 17.7 Å². The molecular weight excluding hydrogens is 182 g/mol. The van der Waals surface area contributed by atoms with Gasteiger partial charge in [0.25, 0.3) is 0 Å². The van der Waals surface area contributed by atoms with E-state index in [0.29, 0.717) is 18.0 Å². The number of rotatable bonds is 2. The van der Waals surface area contributed by atoms with Crippen molar-refractivity contribution in [3.63, 3.8) is 0 Å². The molecule has 0 atom stereocenters. The van der Waals surface area contributed by atoms with Crippen molar-refractivity contribution in [2.45, 2.75) is 6.42 Å². The van der Waals surface area contributed by atoms with Crippen molar-refractivity contribution in [2.75, 3.05) is 13.7 Å². The fourth-order valence-corrected chi connectivity index (χ4v) is 1.49. The number of ether oxygens (including phenoxy) is 2. The Morgan fingerprint density at radius 3 is 3.14 bits per heavy atom. The maximum atomic E-state index is 10.2. The third-order valence-electron chi connectivity index (χ3n) is 2.16. The molecule has 0 spiro atoms. The fourth-order valence-electron chi connectivity index (χ4n) is 1.49. The number of methoxy groups -OCH3 is 1. The number of benzene rings is 1. The Labute approximate surface area is 81.2 Å². The molecule has 0 aliphatic carbocycles. The van der Waals surface area contributed by atoms with Crippen molar-refractivity contribution in [1.82, 2.24) is 0 Å². The quantitative estimate of drug-likeness (QED) is 0.527. The van der Waals surface area contributed by atoms with Crippen LogP contribution in [-0.4, -0.2) is 19.8 Å². The first-order chi connectivity index (χ1) is 6.85. The van der Waals surface area contributed by atoms with Crippen LogP contribution in [0.3, 0.4) is 0 Å². The average molecular weight is 191 g/mol. The standard InChI is InChI=1S/C10H9NO3/c1-13-10-4-7-2-3-14-9(7)5-8(10)11-6-12/h4-5H,2-3H2,1H3. The molecule has 1 aromatic carbocycles. The van der Waals surface area contributed by atoms with Crippen molar-refractivity contribution in [2.24, 2.45) is 4.99 Å². The van der Waals surface area contributed by atoms with Crippen LogP contribution in [-0.2, 0) is 11.2 Å². The SMILES string of the molecule is COc1cc2c(cc1N=C=O)OCC2. The molecule has 0 N–H and O–H groups in total. The van der Waals surface area contributed by atoms with Crippen LogP contribution in [0.2, 0.25) is 0 Å². The molecule has 4 heteroatoms. The zero-order valence-electron chi connectivity index (χ0n) is 7.74. The number of hydrogen-bond acceptors (Lipinski definition) is 4. The van der Waals surface area contributed by atoms with Crippen molar-refractivity contribution < 1.29 is 14.3 Å². The molecule has 0 amide bonds. The summed E-state index contributed by atoms with van der Waals surface area (Å²) in [5.74, 6) is 1.36. The average Bonchev–Trinajstić information content (AvgIpc) is 2.64. The highest BCUT2D eigenvalue weighted by Crippen LogP contribution is 2.37. The predicted octanol–water partition coefficient (Wildman–Crippen LogP) is 1.60. The van der Waals surface area contributed by atoms with E-state index in [-0.39, 0.29) is 0 Å². The predicted molar refractivity (Wildman–Crippen MR) is 50.0 cm³/mol. The summed E-state index contributed by atoms with van der Waals surface area (Å²) in [6.45, 7) is 0.673. The van der Waals surface area contributed by atoms with Crippen LogP contribution < -0.4 is 9.47 Å². The molecule has 4 nitrogen and oxygen atoms in total. The minimum atomic E-state index is 0.461. The summed E-state index contributed by atoms with van der Waals surface area (Å²) in [7, 11) is 1.54. The van der Waals surface area contributed by atoms with Crippen LogP contribution in [0.1, 0.15) is 5.56 Å². The normalized spacial score (nSPS) is 12.6. The van der Waals surface area contributed by atoms with Gasteiger partial charge < -0.3 is 9.47 Å². The second-order valence-electron chi connectivity index (χ2n) is 2.93. The van der Waals surface area contributed by atoms with Crippen molar-refractivity contribution in [3.8, 4) is 11.5 Å². The van der Waals surface area contributed by atoms with Gasteiger partial charge in [0.15, 0.2) is 0 Å². The lowest BCUT2D eigenvalue weighted by Crippen LogP contribution is -1.86. The minimum absolute atomic E-state index is 0.461. The maximum absolute atomic E-state index is 10.2. The molecule has 1 aliphatic rings. The molecule has 1 heterocycles. The highest BCUT2D eigenvalue weighted by Gasteiger charge is 2.15. The van der Waals surface area contributed by atoms with E-state index in [2.05, 4.69) is 4.99 Å². The Hall–Kier alpha value is -1.80.